The fraction of sp³-hybridized carbons (Fsp3) is 0.462. The van der Waals surface area contributed by atoms with E-state index in [1.165, 1.54) is 19.8 Å². The lowest BCUT2D eigenvalue weighted by Gasteiger charge is -2.38. The van der Waals surface area contributed by atoms with E-state index in [0.717, 1.165) is 97.5 Å². The van der Waals surface area contributed by atoms with Crippen molar-refractivity contribution in [1.29, 1.82) is 0 Å². The van der Waals surface area contributed by atoms with Gasteiger partial charge in [0, 0.05) is 73.6 Å². The Bertz CT molecular complexity index is 1890. The standard InChI is InChI=1S/C39H46ClN7O3/c1-25-7-13-41-35(19-25)33-24-47(36-22-42-37(21-32(33)36)43-26(2)48)18-10-27-8-14-45(15-9-27)23-28-11-16-46(17-12-28)29-3-4-30(34(40)20-29)31-5-6-38(49)44-39(31)50/h3-4,7,13,19-22,24,27-28,31H,5-6,8-12,14-18,23H2,1-2H3,(H,42,43,48)(H,44,49,50). The number of hydrogen-bond donors (Lipinski definition) is 2. The molecule has 2 N–H and O–H groups in total. The molecule has 50 heavy (non-hydrogen) atoms. The first kappa shape index (κ1) is 34.2. The number of nitrogens with zero attached hydrogens (tertiary/aromatic N) is 5. The largest absolute Gasteiger partial charge is 0.371 e. The molecule has 4 aromatic rings. The Morgan fingerprint density at radius 2 is 1.76 bits per heavy atom. The monoisotopic (exact) mass is 695 g/mol. The van der Waals surface area contributed by atoms with Crippen molar-refractivity contribution in [3.05, 3.63) is 71.1 Å². The van der Waals surface area contributed by atoms with E-state index >= 15 is 0 Å². The van der Waals surface area contributed by atoms with Gasteiger partial charge in [-0.25, -0.2) is 4.98 Å². The highest BCUT2D eigenvalue weighted by Crippen LogP contribution is 2.35. The molecule has 1 atom stereocenters. The molecule has 3 saturated heterocycles. The van der Waals surface area contributed by atoms with E-state index in [-0.39, 0.29) is 23.6 Å². The van der Waals surface area contributed by atoms with Gasteiger partial charge in [-0.3, -0.25) is 24.7 Å². The first-order chi connectivity index (χ1) is 24.2. The SMILES string of the molecule is CC(=O)Nc1cc2c(-c3cc(C)ccn3)cn(CCC3CCN(CC4CCN(c5ccc(C6CCC(=O)NC6=O)c(Cl)c5)CC4)CC3)c2cn1. The van der Waals surface area contributed by atoms with Crippen LogP contribution in [0.3, 0.4) is 0 Å². The summed E-state index contributed by atoms with van der Waals surface area (Å²) in [4.78, 5) is 49.9. The normalized spacial score (nSPS) is 19.6. The van der Waals surface area contributed by atoms with Gasteiger partial charge >= 0.3 is 0 Å². The smallest absolute Gasteiger partial charge is 0.234 e. The fourth-order valence-electron chi connectivity index (χ4n) is 8.01. The molecular weight excluding hydrogens is 650 g/mol. The van der Waals surface area contributed by atoms with Gasteiger partial charge < -0.3 is 19.7 Å². The molecule has 3 aliphatic rings. The van der Waals surface area contributed by atoms with Crippen molar-refractivity contribution in [2.24, 2.45) is 11.8 Å². The van der Waals surface area contributed by atoms with Crippen molar-refractivity contribution in [2.75, 3.05) is 42.9 Å². The van der Waals surface area contributed by atoms with Gasteiger partial charge in [0.2, 0.25) is 17.7 Å². The summed E-state index contributed by atoms with van der Waals surface area (Å²) in [5.74, 6) is 0.968. The number of likely N-dealkylation sites (tertiary alicyclic amines) is 1. The van der Waals surface area contributed by atoms with Crippen molar-refractivity contribution in [1.82, 2.24) is 24.8 Å². The number of hydrogen-bond acceptors (Lipinski definition) is 7. The molecule has 3 fully saturated rings. The molecule has 0 aliphatic carbocycles. The molecule has 1 aromatic carbocycles. The zero-order chi connectivity index (χ0) is 34.8. The minimum atomic E-state index is -0.365. The van der Waals surface area contributed by atoms with Gasteiger partial charge in [0.15, 0.2) is 0 Å². The van der Waals surface area contributed by atoms with Crippen molar-refractivity contribution in [2.45, 2.75) is 71.3 Å². The van der Waals surface area contributed by atoms with Crippen molar-refractivity contribution in [3.8, 4) is 11.3 Å². The number of imide groups is 1. The summed E-state index contributed by atoms with van der Waals surface area (Å²) in [6.07, 6.45) is 12.6. The molecule has 262 valence electrons. The zero-order valence-corrected chi connectivity index (χ0v) is 29.7. The summed E-state index contributed by atoms with van der Waals surface area (Å²) in [6.45, 7) is 9.96. The maximum Gasteiger partial charge on any atom is 0.234 e. The van der Waals surface area contributed by atoms with Crippen LogP contribution in [0.15, 0.2) is 55.0 Å². The van der Waals surface area contributed by atoms with Crippen LogP contribution in [0.5, 0.6) is 0 Å². The molecule has 3 aliphatic heterocycles. The van der Waals surface area contributed by atoms with Crippen LogP contribution in [0, 0.1) is 18.8 Å². The Labute approximate surface area is 298 Å². The van der Waals surface area contributed by atoms with Crippen LogP contribution in [-0.4, -0.2) is 69.9 Å². The Morgan fingerprint density at radius 1 is 0.980 bits per heavy atom. The first-order valence-electron chi connectivity index (χ1n) is 18.0. The van der Waals surface area contributed by atoms with E-state index in [1.54, 1.807) is 0 Å². The lowest BCUT2D eigenvalue weighted by atomic mass is 9.89. The fourth-order valence-corrected chi connectivity index (χ4v) is 8.32. The van der Waals surface area contributed by atoms with E-state index in [2.05, 4.69) is 60.2 Å². The number of aromatic nitrogens is 3. The first-order valence-corrected chi connectivity index (χ1v) is 18.4. The summed E-state index contributed by atoms with van der Waals surface area (Å²) in [5.41, 5.74) is 6.12. The Hall–Kier alpha value is -4.28. The highest BCUT2D eigenvalue weighted by molar-refractivity contribution is 6.32. The zero-order valence-electron chi connectivity index (χ0n) is 29.0. The Morgan fingerprint density at radius 3 is 2.48 bits per heavy atom. The van der Waals surface area contributed by atoms with Crippen LogP contribution >= 0.6 is 11.6 Å². The second-order valence-electron chi connectivity index (χ2n) is 14.4. The number of carbonyl (C=O) groups is 3. The minimum absolute atomic E-state index is 0.135. The average molecular weight is 696 g/mol. The van der Waals surface area contributed by atoms with Crippen LogP contribution in [-0.2, 0) is 20.9 Å². The van der Waals surface area contributed by atoms with Crippen LogP contribution in [0.1, 0.15) is 68.9 Å². The van der Waals surface area contributed by atoms with E-state index in [1.807, 2.05) is 36.7 Å². The summed E-state index contributed by atoms with van der Waals surface area (Å²) in [7, 11) is 0. The number of fused-ring (bicyclic) bond motifs is 1. The molecule has 1 unspecified atom stereocenters. The van der Waals surface area contributed by atoms with Gasteiger partial charge in [0.1, 0.15) is 5.82 Å². The van der Waals surface area contributed by atoms with Gasteiger partial charge in [-0.05, 0) is 112 Å². The van der Waals surface area contributed by atoms with E-state index in [9.17, 15) is 14.4 Å². The number of anilines is 2. The Kier molecular flexibility index (Phi) is 10.2. The lowest BCUT2D eigenvalue weighted by molar-refractivity contribution is -0.134. The minimum Gasteiger partial charge on any atom is -0.371 e. The summed E-state index contributed by atoms with van der Waals surface area (Å²) < 4.78 is 2.31. The number of amides is 3. The Balaban J connectivity index is 0.901. The molecule has 10 nitrogen and oxygen atoms in total. The third-order valence-electron chi connectivity index (χ3n) is 10.8. The number of piperidine rings is 3. The third kappa shape index (κ3) is 7.71. The molecule has 0 spiro atoms. The van der Waals surface area contributed by atoms with Crippen LogP contribution in [0.4, 0.5) is 11.5 Å². The van der Waals surface area contributed by atoms with Gasteiger partial charge in [-0.1, -0.05) is 17.7 Å². The quantitative estimate of drug-likeness (QED) is 0.191. The summed E-state index contributed by atoms with van der Waals surface area (Å²) in [6, 6.07) is 12.1. The van der Waals surface area contributed by atoms with Crippen molar-refractivity contribution >= 4 is 51.7 Å². The summed E-state index contributed by atoms with van der Waals surface area (Å²) in [5, 5.41) is 6.92. The van der Waals surface area contributed by atoms with Gasteiger partial charge in [0.05, 0.1) is 23.3 Å². The number of halogens is 1. The lowest BCUT2D eigenvalue weighted by Crippen LogP contribution is -2.41. The van der Waals surface area contributed by atoms with Crippen molar-refractivity contribution < 1.29 is 14.4 Å². The molecule has 0 saturated carbocycles. The van der Waals surface area contributed by atoms with Crippen molar-refractivity contribution in [3.63, 3.8) is 0 Å². The maximum absolute atomic E-state index is 12.4. The van der Waals surface area contributed by atoms with E-state index in [0.29, 0.717) is 35.5 Å². The van der Waals surface area contributed by atoms with Gasteiger partial charge in [0.25, 0.3) is 0 Å². The molecule has 7 rings (SSSR count). The predicted molar refractivity (Wildman–Crippen MR) is 197 cm³/mol. The number of rotatable bonds is 9. The number of nitrogens with one attached hydrogen (secondary N) is 2. The molecule has 3 amide bonds. The summed E-state index contributed by atoms with van der Waals surface area (Å²) >= 11 is 6.67. The average Bonchev–Trinajstić information content (AvgIpc) is 3.46. The molecule has 6 heterocycles. The molecule has 0 radical (unpaired) electrons. The molecule has 0 bridgehead atoms. The molecule has 3 aromatic heterocycles. The van der Waals surface area contributed by atoms with Gasteiger partial charge in [-0.15, -0.1) is 0 Å². The number of aryl methyl sites for hydroxylation is 2. The second-order valence-corrected chi connectivity index (χ2v) is 14.8. The number of carbonyl (C=O) groups excluding carboxylic acids is 3. The molecule has 11 heteroatoms. The topological polar surface area (TPSA) is 112 Å². The third-order valence-corrected chi connectivity index (χ3v) is 11.2. The van der Waals surface area contributed by atoms with Gasteiger partial charge in [-0.2, -0.15) is 0 Å². The maximum atomic E-state index is 12.4. The molecular formula is C39H46ClN7O3. The van der Waals surface area contributed by atoms with E-state index in [4.69, 9.17) is 11.6 Å². The van der Waals surface area contributed by atoms with Crippen LogP contribution in [0.25, 0.3) is 22.2 Å². The number of pyridine rings is 2. The predicted octanol–water partition coefficient (Wildman–Crippen LogP) is 6.56. The highest BCUT2D eigenvalue weighted by Gasteiger charge is 2.30. The second kappa shape index (κ2) is 14.9. The van der Waals surface area contributed by atoms with Crippen LogP contribution < -0.4 is 15.5 Å². The van der Waals surface area contributed by atoms with Crippen LogP contribution in [0.2, 0.25) is 5.02 Å². The van der Waals surface area contributed by atoms with E-state index < -0.39 is 0 Å². The number of benzene rings is 1. The highest BCUT2D eigenvalue weighted by atomic mass is 35.5.